The van der Waals surface area contributed by atoms with Gasteiger partial charge in [-0.3, -0.25) is 0 Å². The van der Waals surface area contributed by atoms with Crippen LogP contribution in [0.5, 0.6) is 0 Å². The quantitative estimate of drug-likeness (QED) is 0.393. The van der Waals surface area contributed by atoms with Crippen LogP contribution in [-0.2, 0) is 0 Å². The van der Waals surface area contributed by atoms with Crippen LogP contribution >= 0.6 is 0 Å². The molecule has 0 spiro atoms. The second kappa shape index (κ2) is 7.31. The van der Waals surface area contributed by atoms with Crippen molar-refractivity contribution in [1.82, 2.24) is 0 Å². The summed E-state index contributed by atoms with van der Waals surface area (Å²) in [7, 11) is 0. The predicted molar refractivity (Wildman–Crippen MR) is 101 cm³/mol. The summed E-state index contributed by atoms with van der Waals surface area (Å²) < 4.78 is 7.57. The third-order valence-electron chi connectivity index (χ3n) is 3.94. The van der Waals surface area contributed by atoms with E-state index in [4.69, 9.17) is 6.42 Å². The van der Waals surface area contributed by atoms with E-state index in [0.717, 1.165) is 0 Å². The Hall–Kier alpha value is -2.30. The van der Waals surface area contributed by atoms with Gasteiger partial charge in [-0.25, -0.2) is 0 Å². The molecule has 23 heavy (non-hydrogen) atoms. The Labute approximate surface area is 142 Å². The molecular weight excluding hydrogens is 471 g/mol. The Balaban J connectivity index is 2.38. The number of terminal acetylenes is 1. The summed E-state index contributed by atoms with van der Waals surface area (Å²) in [5.41, 5.74) is 0. The van der Waals surface area contributed by atoms with Crippen molar-refractivity contribution >= 4 is 30.5 Å². The summed E-state index contributed by atoms with van der Waals surface area (Å²) in [5.74, 6) is 5.49. The maximum atomic E-state index is 5.48. The second-order valence-electron chi connectivity index (χ2n) is 5.24. The summed E-state index contributed by atoms with van der Waals surface area (Å²) in [4.78, 5) is 0. The molecule has 0 aliphatic carbocycles. The van der Waals surface area contributed by atoms with Crippen molar-refractivity contribution in [3.63, 3.8) is 0 Å². The molecule has 0 nitrogen and oxygen atoms in total. The Morgan fingerprint density at radius 1 is 0.565 bits per heavy atom. The van der Waals surface area contributed by atoms with Gasteiger partial charge in [-0.2, -0.15) is 0 Å². The van der Waals surface area contributed by atoms with Crippen molar-refractivity contribution in [3.05, 3.63) is 91.0 Å². The van der Waals surface area contributed by atoms with Gasteiger partial charge in [0.15, 0.2) is 0 Å². The van der Waals surface area contributed by atoms with E-state index in [-0.39, 0.29) is 0 Å². The second-order valence-corrected chi connectivity index (χ2v) is 18.8. The fourth-order valence-electron chi connectivity index (χ4n) is 2.91. The van der Waals surface area contributed by atoms with Crippen LogP contribution in [0.25, 0.3) is 0 Å². The van der Waals surface area contributed by atoms with Gasteiger partial charge in [0.1, 0.15) is 0 Å². The number of rotatable bonds is 3. The van der Waals surface area contributed by atoms with Gasteiger partial charge in [-0.1, -0.05) is 0 Å². The SMILES string of the molecule is C#CC#[C][Pb]([c]1ccccc1)([c]1ccccc1)[c]1ccccc1. The van der Waals surface area contributed by atoms with E-state index in [1.54, 1.807) is 0 Å². The molecule has 0 saturated carbocycles. The molecule has 0 aliphatic rings. The standard InChI is InChI=1S/3C6H5.C4H.Pb/c3*1-2-4-6-5-3-1;1-3-4-2;/h3*1-5H;1H;. The summed E-state index contributed by atoms with van der Waals surface area (Å²) in [6.07, 6.45) is 5.48. The first kappa shape index (κ1) is 15.6. The molecule has 0 amide bonds. The number of hydrogen-bond acceptors (Lipinski definition) is 0. The molecule has 0 bridgehead atoms. The van der Waals surface area contributed by atoms with Crippen LogP contribution < -0.4 is 9.37 Å². The first-order valence-electron chi connectivity index (χ1n) is 7.52. The average molecular weight is 488 g/mol. The van der Waals surface area contributed by atoms with Crippen molar-refractivity contribution in [3.8, 4) is 21.7 Å². The Morgan fingerprint density at radius 3 is 1.22 bits per heavy atom. The summed E-state index contributed by atoms with van der Waals surface area (Å²) in [6.45, 7) is 0. The average Bonchev–Trinajstić information content (AvgIpc) is 2.65. The zero-order valence-corrected chi connectivity index (χ0v) is 16.6. The molecule has 0 atom stereocenters. The molecule has 108 valence electrons. The van der Waals surface area contributed by atoms with Crippen molar-refractivity contribution in [2.45, 2.75) is 0 Å². The summed E-state index contributed by atoms with van der Waals surface area (Å²) in [5, 5.41) is 0. The number of benzene rings is 3. The molecule has 3 aromatic rings. The van der Waals surface area contributed by atoms with Gasteiger partial charge >= 0.3 is 143 Å². The van der Waals surface area contributed by atoms with Gasteiger partial charge in [-0.15, -0.1) is 0 Å². The van der Waals surface area contributed by atoms with Crippen molar-refractivity contribution in [2.24, 2.45) is 0 Å². The van der Waals surface area contributed by atoms with E-state index in [9.17, 15) is 0 Å². The van der Waals surface area contributed by atoms with Gasteiger partial charge in [0.05, 0.1) is 0 Å². The summed E-state index contributed by atoms with van der Waals surface area (Å²) in [6, 6.07) is 31.9. The fourth-order valence-corrected chi connectivity index (χ4v) is 17.6. The van der Waals surface area contributed by atoms with Gasteiger partial charge < -0.3 is 0 Å². The molecule has 0 aliphatic heterocycles. The Kier molecular flexibility index (Phi) is 4.96. The molecule has 3 aromatic carbocycles. The molecule has 0 aromatic heterocycles. The minimum atomic E-state index is -3.57. The van der Waals surface area contributed by atoms with Crippen LogP contribution in [0.15, 0.2) is 91.0 Å². The molecule has 0 fully saturated rings. The molecule has 3 rings (SSSR count). The Morgan fingerprint density at radius 2 is 0.913 bits per heavy atom. The van der Waals surface area contributed by atoms with Gasteiger partial charge in [0.25, 0.3) is 0 Å². The van der Waals surface area contributed by atoms with Crippen LogP contribution in [-0.4, -0.2) is 21.2 Å². The van der Waals surface area contributed by atoms with E-state index in [2.05, 4.69) is 88.1 Å². The van der Waals surface area contributed by atoms with Crippen LogP contribution in [0.3, 0.4) is 0 Å². The van der Waals surface area contributed by atoms with Gasteiger partial charge in [0.2, 0.25) is 0 Å². The van der Waals surface area contributed by atoms with E-state index in [1.165, 1.54) is 9.37 Å². The van der Waals surface area contributed by atoms with Crippen LogP contribution in [0.4, 0.5) is 0 Å². The fraction of sp³-hybridized carbons (Fsp3) is 0. The van der Waals surface area contributed by atoms with Crippen molar-refractivity contribution < 1.29 is 0 Å². The minimum absolute atomic E-state index is 1.33. The number of hydrogen-bond donors (Lipinski definition) is 0. The molecule has 1 heteroatoms. The third-order valence-corrected chi connectivity index (χ3v) is 19.9. The van der Waals surface area contributed by atoms with Crippen molar-refractivity contribution in [1.29, 1.82) is 0 Å². The zero-order chi connectivity index (χ0) is 16.0. The molecule has 0 radical (unpaired) electrons. The van der Waals surface area contributed by atoms with E-state index in [1.807, 2.05) is 18.2 Å². The van der Waals surface area contributed by atoms with Gasteiger partial charge in [0, 0.05) is 0 Å². The molecular formula is C22H16Pb. The van der Waals surface area contributed by atoms with Crippen LogP contribution in [0, 0.1) is 21.7 Å². The zero-order valence-electron chi connectivity index (χ0n) is 12.7. The molecule has 0 heterocycles. The van der Waals surface area contributed by atoms with E-state index in [0.29, 0.717) is 0 Å². The first-order valence-corrected chi connectivity index (χ1v) is 15.3. The normalized spacial score (nSPS) is 10.2. The maximum absolute atomic E-state index is 5.48. The van der Waals surface area contributed by atoms with E-state index < -0.39 is 21.2 Å². The predicted octanol–water partition coefficient (Wildman–Crippen LogP) is 2.33. The van der Waals surface area contributed by atoms with Gasteiger partial charge in [-0.05, 0) is 0 Å². The van der Waals surface area contributed by atoms with E-state index >= 15 is 0 Å². The van der Waals surface area contributed by atoms with Crippen LogP contribution in [0.1, 0.15) is 0 Å². The first-order chi connectivity index (χ1) is 11.4. The molecule has 0 unspecified atom stereocenters. The Bertz CT molecular complexity index is 767. The third kappa shape index (κ3) is 3.09. The van der Waals surface area contributed by atoms with Crippen molar-refractivity contribution in [2.75, 3.05) is 0 Å². The monoisotopic (exact) mass is 488 g/mol. The van der Waals surface area contributed by atoms with Crippen LogP contribution in [0.2, 0.25) is 0 Å². The summed E-state index contributed by atoms with van der Waals surface area (Å²) >= 11 is -3.57. The topological polar surface area (TPSA) is 0 Å². The molecule has 0 saturated heterocycles. The molecule has 0 N–H and O–H groups in total.